The lowest BCUT2D eigenvalue weighted by atomic mass is 10.2. The van der Waals surface area contributed by atoms with Crippen molar-refractivity contribution in [1.29, 1.82) is 0 Å². The molecule has 0 aliphatic heterocycles. The Bertz CT molecular complexity index is 583. The fraction of sp³-hybridized carbons (Fsp3) is 0.438. The van der Waals surface area contributed by atoms with Crippen LogP contribution in [0.25, 0.3) is 10.6 Å². The van der Waals surface area contributed by atoms with Crippen LogP contribution in [0.1, 0.15) is 26.0 Å². The van der Waals surface area contributed by atoms with Gasteiger partial charge in [0.2, 0.25) is 0 Å². The molecule has 114 valence electrons. The molecule has 0 aliphatic carbocycles. The maximum Gasteiger partial charge on any atom is 0.170 e. The summed E-state index contributed by atoms with van der Waals surface area (Å²) in [6.07, 6.45) is 1.11. The maximum atomic E-state index is 5.47. The summed E-state index contributed by atoms with van der Waals surface area (Å²) >= 11 is 1.62. The molecule has 4 nitrogen and oxygen atoms in total. The van der Waals surface area contributed by atoms with Crippen molar-refractivity contribution >= 4 is 11.3 Å². The quantitative estimate of drug-likeness (QED) is 0.847. The molecule has 0 spiro atoms. The van der Waals surface area contributed by atoms with E-state index < -0.39 is 0 Å². The van der Waals surface area contributed by atoms with E-state index in [-0.39, 0.29) is 0 Å². The van der Waals surface area contributed by atoms with Gasteiger partial charge in [0.05, 0.1) is 25.5 Å². The average Bonchev–Trinajstić information content (AvgIpc) is 3.00. The Hall–Kier alpha value is -1.59. The summed E-state index contributed by atoms with van der Waals surface area (Å²) in [7, 11) is 3.30. The Morgan fingerprint density at radius 1 is 1.29 bits per heavy atom. The van der Waals surface area contributed by atoms with Crippen molar-refractivity contribution in [2.75, 3.05) is 14.2 Å². The molecule has 0 amide bonds. The zero-order valence-electron chi connectivity index (χ0n) is 13.0. The molecule has 0 fully saturated rings. The minimum absolute atomic E-state index is 0.501. The van der Waals surface area contributed by atoms with E-state index in [1.165, 1.54) is 0 Å². The van der Waals surface area contributed by atoms with Crippen LogP contribution in [0.4, 0.5) is 0 Å². The zero-order chi connectivity index (χ0) is 15.2. The number of hydrogen-bond acceptors (Lipinski definition) is 5. The van der Waals surface area contributed by atoms with Gasteiger partial charge in [0.1, 0.15) is 5.01 Å². The SMILES string of the molecule is CCC(C)NCc1csc(-c2cccc(OC)c2OC)n1. The first-order valence-corrected chi connectivity index (χ1v) is 7.96. The first kappa shape index (κ1) is 15.8. The van der Waals surface area contributed by atoms with Crippen LogP contribution in [-0.4, -0.2) is 25.2 Å². The number of para-hydroxylation sites is 1. The number of hydrogen-bond donors (Lipinski definition) is 1. The molecule has 1 heterocycles. The van der Waals surface area contributed by atoms with Gasteiger partial charge in [-0.1, -0.05) is 13.0 Å². The lowest BCUT2D eigenvalue weighted by Crippen LogP contribution is -2.24. The molecular weight excluding hydrogens is 284 g/mol. The van der Waals surface area contributed by atoms with Crippen molar-refractivity contribution in [2.24, 2.45) is 0 Å². The summed E-state index contributed by atoms with van der Waals surface area (Å²) in [6, 6.07) is 6.35. The number of rotatable bonds is 7. The van der Waals surface area contributed by atoms with Gasteiger partial charge in [0.25, 0.3) is 0 Å². The fourth-order valence-corrected chi connectivity index (χ4v) is 2.83. The summed E-state index contributed by atoms with van der Waals surface area (Å²) in [5.41, 5.74) is 2.02. The van der Waals surface area contributed by atoms with Gasteiger partial charge >= 0.3 is 0 Å². The summed E-state index contributed by atoms with van der Waals surface area (Å²) in [5.74, 6) is 1.46. The van der Waals surface area contributed by atoms with Gasteiger partial charge in [-0.15, -0.1) is 11.3 Å². The van der Waals surface area contributed by atoms with Crippen molar-refractivity contribution in [2.45, 2.75) is 32.9 Å². The minimum atomic E-state index is 0.501. The van der Waals surface area contributed by atoms with E-state index in [4.69, 9.17) is 14.5 Å². The van der Waals surface area contributed by atoms with Crippen molar-refractivity contribution in [1.82, 2.24) is 10.3 Å². The van der Waals surface area contributed by atoms with Gasteiger partial charge in [0, 0.05) is 18.0 Å². The Morgan fingerprint density at radius 3 is 2.76 bits per heavy atom. The molecule has 0 bridgehead atoms. The lowest BCUT2D eigenvalue weighted by molar-refractivity contribution is 0.356. The topological polar surface area (TPSA) is 43.4 Å². The summed E-state index contributed by atoms with van der Waals surface area (Å²) in [5, 5.41) is 6.49. The molecule has 0 radical (unpaired) electrons. The standard InChI is InChI=1S/C16H22N2O2S/c1-5-11(2)17-9-12-10-21-16(18-12)13-7-6-8-14(19-3)15(13)20-4/h6-8,10-11,17H,5,9H2,1-4H3. The number of nitrogens with zero attached hydrogens (tertiary/aromatic N) is 1. The van der Waals surface area contributed by atoms with E-state index in [1.54, 1.807) is 25.6 Å². The van der Waals surface area contributed by atoms with E-state index in [1.807, 2.05) is 18.2 Å². The van der Waals surface area contributed by atoms with Crippen molar-refractivity contribution in [3.05, 3.63) is 29.3 Å². The van der Waals surface area contributed by atoms with Crippen molar-refractivity contribution in [3.8, 4) is 22.1 Å². The number of aromatic nitrogens is 1. The normalized spacial score (nSPS) is 12.2. The van der Waals surface area contributed by atoms with Gasteiger partial charge in [-0.05, 0) is 25.5 Å². The maximum absolute atomic E-state index is 5.47. The van der Waals surface area contributed by atoms with Gasteiger partial charge in [-0.3, -0.25) is 0 Å². The van der Waals surface area contributed by atoms with Crippen LogP contribution in [-0.2, 0) is 6.54 Å². The first-order chi connectivity index (χ1) is 10.2. The summed E-state index contributed by atoms with van der Waals surface area (Å²) in [6.45, 7) is 5.14. The van der Waals surface area contributed by atoms with Gasteiger partial charge in [-0.2, -0.15) is 0 Å². The average molecular weight is 306 g/mol. The molecule has 2 aromatic rings. The Labute approximate surface area is 130 Å². The molecular formula is C16H22N2O2S. The van der Waals surface area contributed by atoms with E-state index in [0.29, 0.717) is 6.04 Å². The highest BCUT2D eigenvalue weighted by Gasteiger charge is 2.14. The Kier molecular flexibility index (Phi) is 5.59. The highest BCUT2D eigenvalue weighted by atomic mass is 32.1. The monoisotopic (exact) mass is 306 g/mol. The zero-order valence-corrected chi connectivity index (χ0v) is 13.8. The summed E-state index contributed by atoms with van der Waals surface area (Å²) < 4.78 is 10.8. The van der Waals surface area contributed by atoms with Crippen molar-refractivity contribution < 1.29 is 9.47 Å². The second-order valence-corrected chi connectivity index (χ2v) is 5.73. The third kappa shape index (κ3) is 3.74. The third-order valence-corrected chi connectivity index (χ3v) is 4.35. The van der Waals surface area contributed by atoms with Crippen LogP contribution in [0.3, 0.4) is 0 Å². The summed E-state index contributed by atoms with van der Waals surface area (Å²) in [4.78, 5) is 4.69. The van der Waals surface area contributed by atoms with Crippen LogP contribution in [0, 0.1) is 0 Å². The molecule has 1 aromatic heterocycles. The van der Waals surface area contributed by atoms with Crippen LogP contribution in [0.2, 0.25) is 0 Å². The van der Waals surface area contributed by atoms with Gasteiger partial charge < -0.3 is 14.8 Å². The molecule has 0 saturated heterocycles. The predicted octanol–water partition coefficient (Wildman–Crippen LogP) is 3.72. The fourth-order valence-electron chi connectivity index (χ4n) is 1.99. The minimum Gasteiger partial charge on any atom is -0.493 e. The van der Waals surface area contributed by atoms with E-state index in [2.05, 4.69) is 24.5 Å². The molecule has 1 aromatic carbocycles. The number of nitrogens with one attached hydrogen (secondary N) is 1. The third-order valence-electron chi connectivity index (χ3n) is 3.43. The molecule has 0 aliphatic rings. The molecule has 1 unspecified atom stereocenters. The van der Waals surface area contributed by atoms with E-state index >= 15 is 0 Å². The van der Waals surface area contributed by atoms with E-state index in [0.717, 1.165) is 40.7 Å². The second kappa shape index (κ2) is 7.43. The molecule has 0 saturated carbocycles. The molecule has 2 rings (SSSR count). The second-order valence-electron chi connectivity index (χ2n) is 4.88. The van der Waals surface area contributed by atoms with Crippen LogP contribution < -0.4 is 14.8 Å². The first-order valence-electron chi connectivity index (χ1n) is 7.08. The van der Waals surface area contributed by atoms with Crippen LogP contribution >= 0.6 is 11.3 Å². The van der Waals surface area contributed by atoms with Gasteiger partial charge in [0.15, 0.2) is 11.5 Å². The number of methoxy groups -OCH3 is 2. The highest BCUT2D eigenvalue weighted by Crippen LogP contribution is 2.38. The van der Waals surface area contributed by atoms with E-state index in [9.17, 15) is 0 Å². The van der Waals surface area contributed by atoms with Gasteiger partial charge in [-0.25, -0.2) is 4.98 Å². The molecule has 5 heteroatoms. The highest BCUT2D eigenvalue weighted by molar-refractivity contribution is 7.13. The van der Waals surface area contributed by atoms with Crippen LogP contribution in [0.15, 0.2) is 23.6 Å². The number of benzene rings is 1. The predicted molar refractivity (Wildman–Crippen MR) is 87.2 cm³/mol. The molecule has 21 heavy (non-hydrogen) atoms. The molecule has 1 atom stereocenters. The lowest BCUT2D eigenvalue weighted by Gasteiger charge is -2.11. The van der Waals surface area contributed by atoms with Crippen LogP contribution in [0.5, 0.6) is 11.5 Å². The molecule has 1 N–H and O–H groups in total. The Morgan fingerprint density at radius 2 is 2.10 bits per heavy atom. The number of thiazole rings is 1. The largest absolute Gasteiger partial charge is 0.493 e. The van der Waals surface area contributed by atoms with Crippen molar-refractivity contribution in [3.63, 3.8) is 0 Å². The smallest absolute Gasteiger partial charge is 0.170 e. The number of ether oxygens (including phenoxy) is 2. The Balaban J connectivity index is 2.21.